The third-order valence-corrected chi connectivity index (χ3v) is 4.55. The number of hydrogen-bond acceptors (Lipinski definition) is 1. The van der Waals surface area contributed by atoms with Gasteiger partial charge in [-0.15, -0.1) is 0 Å². The Bertz CT molecular complexity index is 695. The predicted octanol–water partition coefficient (Wildman–Crippen LogP) is 2.86. The molecule has 0 atom stereocenters. The van der Waals surface area contributed by atoms with Crippen molar-refractivity contribution in [1.29, 1.82) is 0 Å². The molecule has 2 aliphatic rings. The number of aryl methyl sites for hydroxylation is 1. The molecule has 1 aliphatic heterocycles. The van der Waals surface area contributed by atoms with Crippen molar-refractivity contribution in [3.8, 4) is 5.69 Å². The van der Waals surface area contributed by atoms with Crippen molar-refractivity contribution >= 4 is 5.91 Å². The van der Waals surface area contributed by atoms with Crippen LogP contribution in [0.25, 0.3) is 5.69 Å². The van der Waals surface area contributed by atoms with Gasteiger partial charge < -0.3 is 9.47 Å². The van der Waals surface area contributed by atoms with E-state index in [0.717, 1.165) is 24.2 Å². The number of carbonyl (C=O) groups excluding carboxylic acids is 1. The maximum atomic E-state index is 12.6. The standard InChI is InChI=1S/C16H16N2O/c1-11-5-6-13-12(10-11)16(7-8-16)17(2)15(19)14-4-3-9-18(13)14/h3-6,9-10H,7-8H2,1-2H3. The van der Waals surface area contributed by atoms with Crippen LogP contribution < -0.4 is 0 Å². The second-order valence-corrected chi connectivity index (χ2v) is 5.68. The molecule has 3 nitrogen and oxygen atoms in total. The van der Waals surface area contributed by atoms with Gasteiger partial charge in [0.15, 0.2) is 0 Å². The monoisotopic (exact) mass is 252 g/mol. The fraction of sp³-hybridized carbons (Fsp3) is 0.312. The molecule has 1 aliphatic carbocycles. The van der Waals surface area contributed by atoms with Gasteiger partial charge in [0.25, 0.3) is 5.91 Å². The van der Waals surface area contributed by atoms with Gasteiger partial charge in [-0.25, -0.2) is 0 Å². The van der Waals surface area contributed by atoms with E-state index in [2.05, 4.69) is 25.1 Å². The van der Waals surface area contributed by atoms with Crippen LogP contribution in [0.2, 0.25) is 0 Å². The average molecular weight is 252 g/mol. The van der Waals surface area contributed by atoms with E-state index in [1.165, 1.54) is 11.1 Å². The number of aromatic nitrogens is 1. The lowest BCUT2D eigenvalue weighted by atomic mass is 9.99. The zero-order chi connectivity index (χ0) is 13.2. The second-order valence-electron chi connectivity index (χ2n) is 5.68. The molecule has 2 aromatic rings. The third-order valence-electron chi connectivity index (χ3n) is 4.55. The van der Waals surface area contributed by atoms with E-state index in [4.69, 9.17) is 0 Å². The first-order valence-corrected chi connectivity index (χ1v) is 6.70. The van der Waals surface area contributed by atoms with Crippen molar-refractivity contribution in [2.75, 3.05) is 7.05 Å². The summed E-state index contributed by atoms with van der Waals surface area (Å²) < 4.78 is 2.03. The number of hydrogen-bond donors (Lipinski definition) is 0. The molecular weight excluding hydrogens is 236 g/mol. The Balaban J connectivity index is 2.09. The van der Waals surface area contributed by atoms with Gasteiger partial charge in [-0.3, -0.25) is 4.79 Å². The van der Waals surface area contributed by atoms with Gasteiger partial charge in [0.05, 0.1) is 11.2 Å². The minimum atomic E-state index is -0.0720. The maximum Gasteiger partial charge on any atom is 0.271 e. The van der Waals surface area contributed by atoms with Crippen LogP contribution >= 0.6 is 0 Å². The number of fused-ring (bicyclic) bond motifs is 4. The quantitative estimate of drug-likeness (QED) is 0.707. The van der Waals surface area contributed by atoms with Gasteiger partial charge in [-0.2, -0.15) is 0 Å². The van der Waals surface area contributed by atoms with Crippen molar-refractivity contribution < 1.29 is 4.79 Å². The van der Waals surface area contributed by atoms with E-state index in [1.54, 1.807) is 0 Å². The van der Waals surface area contributed by atoms with Crippen molar-refractivity contribution in [1.82, 2.24) is 9.47 Å². The van der Waals surface area contributed by atoms with Crippen LogP contribution in [0.5, 0.6) is 0 Å². The molecule has 1 aromatic heterocycles. The Morgan fingerprint density at radius 2 is 2.00 bits per heavy atom. The number of carbonyl (C=O) groups is 1. The Morgan fingerprint density at radius 1 is 1.21 bits per heavy atom. The molecule has 4 rings (SSSR count). The van der Waals surface area contributed by atoms with Crippen molar-refractivity contribution in [3.05, 3.63) is 53.3 Å². The van der Waals surface area contributed by atoms with Crippen molar-refractivity contribution in [2.45, 2.75) is 25.3 Å². The molecule has 1 amide bonds. The molecule has 0 saturated heterocycles. The zero-order valence-corrected chi connectivity index (χ0v) is 11.2. The molecule has 0 radical (unpaired) electrons. The number of amides is 1. The maximum absolute atomic E-state index is 12.6. The van der Waals surface area contributed by atoms with Gasteiger partial charge in [-0.1, -0.05) is 17.7 Å². The SMILES string of the molecule is Cc1ccc2c(c1)C1(CC1)N(C)C(=O)c1cccn1-2. The van der Waals surface area contributed by atoms with E-state index in [0.29, 0.717) is 0 Å². The highest BCUT2D eigenvalue weighted by atomic mass is 16.2. The Kier molecular flexibility index (Phi) is 1.88. The highest BCUT2D eigenvalue weighted by Gasteiger charge is 2.53. The normalized spacial score (nSPS) is 19.1. The Hall–Kier alpha value is -2.03. The van der Waals surface area contributed by atoms with Crippen LogP contribution in [0.4, 0.5) is 0 Å². The van der Waals surface area contributed by atoms with Crippen LogP contribution in [-0.4, -0.2) is 22.4 Å². The van der Waals surface area contributed by atoms with Gasteiger partial charge in [-0.05, 0) is 38.0 Å². The molecule has 1 spiro atoms. The number of nitrogens with zero attached hydrogens (tertiary/aromatic N) is 2. The van der Waals surface area contributed by atoms with Gasteiger partial charge in [0, 0.05) is 18.8 Å². The van der Waals surface area contributed by atoms with Crippen LogP contribution in [0.15, 0.2) is 36.5 Å². The number of rotatable bonds is 0. The predicted molar refractivity (Wildman–Crippen MR) is 73.5 cm³/mol. The molecule has 3 heteroatoms. The first kappa shape index (κ1) is 10.9. The van der Waals surface area contributed by atoms with Crippen LogP contribution in [0.3, 0.4) is 0 Å². The van der Waals surface area contributed by atoms with Crippen molar-refractivity contribution in [2.24, 2.45) is 0 Å². The molecule has 1 aromatic carbocycles. The fourth-order valence-corrected chi connectivity index (χ4v) is 3.27. The van der Waals surface area contributed by atoms with E-state index in [-0.39, 0.29) is 11.4 Å². The summed E-state index contributed by atoms with van der Waals surface area (Å²) in [5.74, 6) is 0.122. The van der Waals surface area contributed by atoms with Crippen LogP contribution in [-0.2, 0) is 5.54 Å². The summed E-state index contributed by atoms with van der Waals surface area (Å²) in [6.07, 6.45) is 4.11. The lowest BCUT2D eigenvalue weighted by molar-refractivity contribution is 0.0705. The summed E-state index contributed by atoms with van der Waals surface area (Å²) in [6, 6.07) is 10.3. The highest BCUT2D eigenvalue weighted by molar-refractivity contribution is 5.95. The lowest BCUT2D eigenvalue weighted by Crippen LogP contribution is -2.36. The smallest absolute Gasteiger partial charge is 0.271 e. The second kappa shape index (κ2) is 3.29. The summed E-state index contributed by atoms with van der Waals surface area (Å²) in [5.41, 5.74) is 4.38. The summed E-state index contributed by atoms with van der Waals surface area (Å²) in [7, 11) is 1.93. The van der Waals surface area contributed by atoms with E-state index < -0.39 is 0 Å². The largest absolute Gasteiger partial charge is 0.331 e. The topological polar surface area (TPSA) is 25.2 Å². The molecule has 2 heterocycles. The van der Waals surface area contributed by atoms with Crippen LogP contribution in [0.1, 0.15) is 34.5 Å². The Labute approximate surface area is 112 Å². The zero-order valence-electron chi connectivity index (χ0n) is 11.2. The Morgan fingerprint density at radius 3 is 2.74 bits per heavy atom. The molecule has 0 bridgehead atoms. The van der Waals surface area contributed by atoms with E-state index >= 15 is 0 Å². The fourth-order valence-electron chi connectivity index (χ4n) is 3.27. The molecule has 96 valence electrons. The van der Waals surface area contributed by atoms with E-state index in [9.17, 15) is 4.79 Å². The molecule has 19 heavy (non-hydrogen) atoms. The highest BCUT2D eigenvalue weighted by Crippen LogP contribution is 2.54. The first-order valence-electron chi connectivity index (χ1n) is 6.70. The molecular formula is C16H16N2O. The average Bonchev–Trinajstić information content (AvgIpc) is 3.08. The lowest BCUT2D eigenvalue weighted by Gasteiger charge is -2.27. The van der Waals surface area contributed by atoms with Gasteiger partial charge in [0.2, 0.25) is 0 Å². The minimum Gasteiger partial charge on any atom is -0.331 e. The van der Waals surface area contributed by atoms with Crippen LogP contribution in [0, 0.1) is 6.92 Å². The van der Waals surface area contributed by atoms with Gasteiger partial charge in [0.1, 0.15) is 5.69 Å². The summed E-state index contributed by atoms with van der Waals surface area (Å²) >= 11 is 0. The van der Waals surface area contributed by atoms with Gasteiger partial charge >= 0.3 is 0 Å². The first-order chi connectivity index (χ1) is 9.13. The third kappa shape index (κ3) is 1.25. The number of benzene rings is 1. The summed E-state index contributed by atoms with van der Waals surface area (Å²) in [6.45, 7) is 2.11. The minimum absolute atomic E-state index is 0.0720. The summed E-state index contributed by atoms with van der Waals surface area (Å²) in [4.78, 5) is 14.5. The molecule has 1 fully saturated rings. The van der Waals surface area contributed by atoms with E-state index in [1.807, 2.05) is 34.8 Å². The molecule has 1 saturated carbocycles. The summed E-state index contributed by atoms with van der Waals surface area (Å²) in [5, 5.41) is 0. The molecule has 0 N–H and O–H groups in total. The van der Waals surface area contributed by atoms with Crippen molar-refractivity contribution in [3.63, 3.8) is 0 Å². The molecule has 0 unspecified atom stereocenters.